The van der Waals surface area contributed by atoms with Crippen molar-refractivity contribution >= 4 is 11.4 Å². The molecule has 0 aromatic heterocycles. The van der Waals surface area contributed by atoms with Crippen LogP contribution in [0.5, 0.6) is 0 Å². The summed E-state index contributed by atoms with van der Waals surface area (Å²) in [6, 6.07) is 1.32. The summed E-state index contributed by atoms with van der Waals surface area (Å²) in [5.41, 5.74) is -0.794. The Morgan fingerprint density at radius 1 is 1.47 bits per heavy atom. The van der Waals surface area contributed by atoms with Crippen LogP contribution in [0.1, 0.15) is 12.8 Å². The van der Waals surface area contributed by atoms with Crippen LogP contribution in [-0.4, -0.2) is 36.0 Å². The average molecular weight is 271 g/mol. The summed E-state index contributed by atoms with van der Waals surface area (Å²) < 4.78 is 26.7. The van der Waals surface area contributed by atoms with Gasteiger partial charge >= 0.3 is 0 Å². The van der Waals surface area contributed by atoms with Gasteiger partial charge in [-0.3, -0.25) is 10.1 Å². The largest absolute Gasteiger partial charge is 0.373 e. The third-order valence-corrected chi connectivity index (χ3v) is 3.20. The van der Waals surface area contributed by atoms with E-state index in [0.717, 1.165) is 25.5 Å². The Balaban J connectivity index is 2.26. The van der Waals surface area contributed by atoms with E-state index >= 15 is 0 Å². The van der Waals surface area contributed by atoms with E-state index in [1.165, 1.54) is 0 Å². The van der Waals surface area contributed by atoms with Gasteiger partial charge in [-0.1, -0.05) is 0 Å². The van der Waals surface area contributed by atoms with Crippen LogP contribution < -0.4 is 5.32 Å². The normalized spacial score (nSPS) is 20.3. The summed E-state index contributed by atoms with van der Waals surface area (Å²) in [5, 5.41) is 13.7. The number of nitrogens with zero attached hydrogens (tertiary/aromatic N) is 2. The lowest BCUT2D eigenvalue weighted by molar-refractivity contribution is -0.384. The first kappa shape index (κ1) is 13.7. The van der Waals surface area contributed by atoms with Crippen LogP contribution in [0, 0.1) is 21.7 Å². The van der Waals surface area contributed by atoms with Crippen LogP contribution in [0.2, 0.25) is 0 Å². The van der Waals surface area contributed by atoms with Gasteiger partial charge in [0.25, 0.3) is 5.69 Å². The molecule has 1 aromatic carbocycles. The highest BCUT2D eigenvalue weighted by atomic mass is 19.1. The van der Waals surface area contributed by atoms with Gasteiger partial charge in [0.1, 0.15) is 11.5 Å². The zero-order valence-corrected chi connectivity index (χ0v) is 10.5. The number of anilines is 1. The van der Waals surface area contributed by atoms with Crippen LogP contribution >= 0.6 is 0 Å². The molecule has 1 aliphatic heterocycles. The zero-order chi connectivity index (χ0) is 14.0. The molecule has 2 rings (SSSR count). The molecular weight excluding hydrogens is 256 g/mol. The number of nitro benzene ring substituents is 1. The fourth-order valence-electron chi connectivity index (χ4n) is 2.34. The Morgan fingerprint density at radius 3 is 2.84 bits per heavy atom. The van der Waals surface area contributed by atoms with Crippen LogP contribution in [0.15, 0.2) is 12.1 Å². The Kier molecular flexibility index (Phi) is 3.94. The number of nitro groups is 1. The predicted octanol–water partition coefficient (Wildman–Crippen LogP) is 2.38. The number of nitrogens with one attached hydrogen (secondary N) is 1. The first-order valence-electron chi connectivity index (χ1n) is 6.06. The topological polar surface area (TPSA) is 58.4 Å². The number of rotatable bonds is 3. The number of hydrogen-bond acceptors (Lipinski definition) is 4. The number of likely N-dealkylation sites (tertiary alicyclic amines) is 1. The van der Waals surface area contributed by atoms with Crippen LogP contribution in [0.4, 0.5) is 20.2 Å². The Labute approximate surface area is 109 Å². The first-order valence-corrected chi connectivity index (χ1v) is 6.06. The van der Waals surface area contributed by atoms with E-state index in [0.29, 0.717) is 12.6 Å². The molecule has 1 heterocycles. The van der Waals surface area contributed by atoms with Crippen molar-refractivity contribution in [3.05, 3.63) is 33.9 Å². The summed E-state index contributed by atoms with van der Waals surface area (Å²) in [5.74, 6) is -1.88. The lowest BCUT2D eigenvalue weighted by atomic mass is 10.1. The van der Waals surface area contributed by atoms with E-state index in [9.17, 15) is 18.9 Å². The molecule has 0 aliphatic carbocycles. The lowest BCUT2D eigenvalue weighted by Gasteiger charge is -2.30. The van der Waals surface area contributed by atoms with Crippen molar-refractivity contribution in [2.24, 2.45) is 0 Å². The van der Waals surface area contributed by atoms with E-state index < -0.39 is 22.2 Å². The fraction of sp³-hybridized carbons (Fsp3) is 0.500. The van der Waals surface area contributed by atoms with Crippen molar-refractivity contribution in [2.45, 2.75) is 18.9 Å². The molecule has 1 atom stereocenters. The molecule has 0 radical (unpaired) electrons. The molecule has 7 heteroatoms. The molecule has 1 fully saturated rings. The van der Waals surface area contributed by atoms with Crippen molar-refractivity contribution in [1.29, 1.82) is 0 Å². The summed E-state index contributed by atoms with van der Waals surface area (Å²) in [4.78, 5) is 12.1. The predicted molar refractivity (Wildman–Crippen MR) is 67.2 cm³/mol. The molecular formula is C12H15F2N3O2. The SMILES string of the molecule is CN1CCCC(Nc2c(F)cc(F)cc2[N+](=O)[O-])C1. The Bertz CT molecular complexity index is 496. The van der Waals surface area contributed by atoms with Crippen LogP contribution in [0.3, 0.4) is 0 Å². The van der Waals surface area contributed by atoms with Gasteiger partial charge in [-0.25, -0.2) is 8.78 Å². The minimum atomic E-state index is -0.949. The van der Waals surface area contributed by atoms with Crippen molar-refractivity contribution in [3.8, 4) is 0 Å². The van der Waals surface area contributed by atoms with Crippen molar-refractivity contribution in [2.75, 3.05) is 25.5 Å². The molecule has 1 aromatic rings. The smallest absolute Gasteiger partial charge is 0.298 e. The molecule has 1 unspecified atom stereocenters. The number of hydrogen-bond donors (Lipinski definition) is 1. The molecule has 1 N–H and O–H groups in total. The van der Waals surface area contributed by atoms with Gasteiger partial charge in [0, 0.05) is 18.7 Å². The van der Waals surface area contributed by atoms with Gasteiger partial charge in [-0.2, -0.15) is 0 Å². The van der Waals surface area contributed by atoms with Crippen molar-refractivity contribution < 1.29 is 13.7 Å². The molecule has 1 saturated heterocycles. The molecule has 0 spiro atoms. The number of piperidine rings is 1. The fourth-order valence-corrected chi connectivity index (χ4v) is 2.34. The molecule has 0 bridgehead atoms. The summed E-state index contributed by atoms with van der Waals surface area (Å²) >= 11 is 0. The maximum absolute atomic E-state index is 13.7. The molecule has 5 nitrogen and oxygen atoms in total. The van der Waals surface area contributed by atoms with Crippen molar-refractivity contribution in [3.63, 3.8) is 0 Å². The van der Waals surface area contributed by atoms with E-state index in [4.69, 9.17) is 0 Å². The Morgan fingerprint density at radius 2 is 2.21 bits per heavy atom. The maximum atomic E-state index is 13.7. The lowest BCUT2D eigenvalue weighted by Crippen LogP contribution is -2.40. The minimum absolute atomic E-state index is 0.0718. The minimum Gasteiger partial charge on any atom is -0.373 e. The second kappa shape index (κ2) is 5.48. The monoisotopic (exact) mass is 271 g/mol. The zero-order valence-electron chi connectivity index (χ0n) is 10.5. The quantitative estimate of drug-likeness (QED) is 0.677. The number of likely N-dealkylation sites (N-methyl/N-ethyl adjacent to an activating group) is 1. The summed E-state index contributed by atoms with van der Waals surface area (Å²) in [7, 11) is 1.93. The third kappa shape index (κ3) is 3.17. The van der Waals surface area contributed by atoms with Gasteiger partial charge in [0.2, 0.25) is 0 Å². The van der Waals surface area contributed by atoms with E-state index in [1.807, 2.05) is 7.05 Å². The highest BCUT2D eigenvalue weighted by Gasteiger charge is 2.25. The van der Waals surface area contributed by atoms with Crippen LogP contribution in [-0.2, 0) is 0 Å². The van der Waals surface area contributed by atoms with E-state index in [2.05, 4.69) is 10.2 Å². The number of benzene rings is 1. The van der Waals surface area contributed by atoms with E-state index in [-0.39, 0.29) is 11.7 Å². The maximum Gasteiger partial charge on any atom is 0.298 e. The second-order valence-corrected chi connectivity index (χ2v) is 4.78. The molecule has 1 aliphatic rings. The number of halogens is 2. The van der Waals surface area contributed by atoms with E-state index in [1.54, 1.807) is 0 Å². The van der Waals surface area contributed by atoms with Gasteiger partial charge < -0.3 is 10.2 Å². The van der Waals surface area contributed by atoms with Crippen LogP contribution in [0.25, 0.3) is 0 Å². The van der Waals surface area contributed by atoms with Gasteiger partial charge in [0.05, 0.1) is 11.0 Å². The second-order valence-electron chi connectivity index (χ2n) is 4.78. The standard InChI is InChI=1S/C12H15F2N3O2/c1-16-4-2-3-9(7-16)15-12-10(14)5-8(13)6-11(12)17(18)19/h5-6,9,15H,2-4,7H2,1H3. The van der Waals surface area contributed by atoms with Gasteiger partial charge in [-0.05, 0) is 26.4 Å². The summed E-state index contributed by atoms with van der Waals surface area (Å²) in [6.07, 6.45) is 1.74. The first-order chi connectivity index (χ1) is 8.97. The van der Waals surface area contributed by atoms with Crippen molar-refractivity contribution in [1.82, 2.24) is 4.90 Å². The average Bonchev–Trinajstić information content (AvgIpc) is 2.32. The van der Waals surface area contributed by atoms with Gasteiger partial charge in [-0.15, -0.1) is 0 Å². The molecule has 0 amide bonds. The molecule has 19 heavy (non-hydrogen) atoms. The van der Waals surface area contributed by atoms with Gasteiger partial charge in [0.15, 0.2) is 5.82 Å². The highest BCUT2D eigenvalue weighted by Crippen LogP contribution is 2.30. The summed E-state index contributed by atoms with van der Waals surface area (Å²) in [6.45, 7) is 1.63. The molecule has 104 valence electrons. The molecule has 0 saturated carbocycles. The highest BCUT2D eigenvalue weighted by molar-refractivity contribution is 5.63. The Hall–Kier alpha value is -1.76. The third-order valence-electron chi connectivity index (χ3n) is 3.20.